The van der Waals surface area contributed by atoms with Crippen molar-refractivity contribution in [2.45, 2.75) is 31.9 Å². The summed E-state index contributed by atoms with van der Waals surface area (Å²) in [4.78, 5) is 16.2. The Morgan fingerprint density at radius 1 is 1.15 bits per heavy atom. The molecule has 4 aromatic rings. The first kappa shape index (κ1) is 27.2. The highest BCUT2D eigenvalue weighted by Crippen LogP contribution is 2.44. The third-order valence-corrected chi connectivity index (χ3v) is 8.23. The lowest BCUT2D eigenvalue weighted by molar-refractivity contribution is 0.198. The van der Waals surface area contributed by atoms with E-state index in [2.05, 4.69) is 61.9 Å². The first-order chi connectivity index (χ1) is 19.8. The van der Waals surface area contributed by atoms with E-state index in [0.717, 1.165) is 68.2 Å². The van der Waals surface area contributed by atoms with Crippen molar-refractivity contribution >= 4 is 39.7 Å². The Bertz CT molecular complexity index is 1570. The molecule has 0 spiro atoms. The van der Waals surface area contributed by atoms with Crippen molar-refractivity contribution in [2.24, 2.45) is 0 Å². The van der Waals surface area contributed by atoms with E-state index < -0.39 is 0 Å². The van der Waals surface area contributed by atoms with Crippen molar-refractivity contribution in [1.82, 2.24) is 19.4 Å². The number of nitrogen functional groups attached to an aromatic ring is 1. The van der Waals surface area contributed by atoms with Crippen molar-refractivity contribution in [3.8, 4) is 17.0 Å². The quantitative estimate of drug-likeness (QED) is 0.264. The SMILES string of the molecule is COc1cc(N(C)CCN(C)C)c(N)cc1Nc1nccc(-c2c(N3CCC(O)C3)n3c4c(cccc24)CCC3)n1. The van der Waals surface area contributed by atoms with Crippen molar-refractivity contribution in [2.75, 3.05) is 75.3 Å². The van der Waals surface area contributed by atoms with E-state index in [1.165, 1.54) is 16.5 Å². The van der Waals surface area contributed by atoms with Crippen LogP contribution in [0.15, 0.2) is 42.6 Å². The Labute approximate surface area is 241 Å². The monoisotopic (exact) mass is 556 g/mol. The normalized spacial score (nSPS) is 16.5. The maximum absolute atomic E-state index is 10.4. The Morgan fingerprint density at radius 3 is 2.76 bits per heavy atom. The molecule has 2 aromatic carbocycles. The lowest BCUT2D eigenvalue weighted by Gasteiger charge is -2.25. The fraction of sp³-hybridized carbons (Fsp3) is 0.419. The van der Waals surface area contributed by atoms with Crippen molar-refractivity contribution in [3.63, 3.8) is 0 Å². The number of anilines is 5. The molecule has 10 nitrogen and oxygen atoms in total. The highest BCUT2D eigenvalue weighted by Gasteiger charge is 2.31. The van der Waals surface area contributed by atoms with Gasteiger partial charge in [0.25, 0.3) is 0 Å². The highest BCUT2D eigenvalue weighted by atomic mass is 16.5. The second-order valence-electron chi connectivity index (χ2n) is 11.4. The molecule has 6 rings (SSSR count). The van der Waals surface area contributed by atoms with Gasteiger partial charge in [-0.25, -0.2) is 9.97 Å². The van der Waals surface area contributed by atoms with Gasteiger partial charge in [0.05, 0.1) is 47.1 Å². The number of ether oxygens (including phenoxy) is 1. The van der Waals surface area contributed by atoms with Gasteiger partial charge in [-0.05, 0) is 51.1 Å². The van der Waals surface area contributed by atoms with Gasteiger partial charge in [-0.1, -0.05) is 18.2 Å². The number of nitrogens with one attached hydrogen (secondary N) is 1. The number of aryl methyl sites for hydroxylation is 2. The molecule has 216 valence electrons. The van der Waals surface area contributed by atoms with Crippen LogP contribution in [-0.4, -0.2) is 85.1 Å². The van der Waals surface area contributed by atoms with Gasteiger partial charge >= 0.3 is 0 Å². The van der Waals surface area contributed by atoms with Gasteiger partial charge in [-0.15, -0.1) is 0 Å². The Hall–Kier alpha value is -4.02. The average molecular weight is 557 g/mol. The van der Waals surface area contributed by atoms with Gasteiger partial charge in [0.1, 0.15) is 11.6 Å². The number of hydrogen-bond acceptors (Lipinski definition) is 9. The van der Waals surface area contributed by atoms with Crippen LogP contribution in [0.4, 0.5) is 28.8 Å². The number of aromatic nitrogens is 3. The summed E-state index contributed by atoms with van der Waals surface area (Å²) in [6.45, 7) is 4.15. The molecule has 0 bridgehead atoms. The summed E-state index contributed by atoms with van der Waals surface area (Å²) in [6.07, 6.45) is 4.41. The number of benzene rings is 2. The lowest BCUT2D eigenvalue weighted by atomic mass is 10.0. The van der Waals surface area contributed by atoms with Crippen molar-refractivity contribution in [3.05, 3.63) is 48.2 Å². The maximum Gasteiger partial charge on any atom is 0.227 e. The summed E-state index contributed by atoms with van der Waals surface area (Å²) in [5.41, 5.74) is 13.4. The van der Waals surface area contributed by atoms with Gasteiger partial charge in [0.2, 0.25) is 5.95 Å². The predicted octanol–water partition coefficient (Wildman–Crippen LogP) is 3.95. The number of rotatable bonds is 9. The van der Waals surface area contributed by atoms with Crippen LogP contribution in [0.2, 0.25) is 0 Å². The standard InChI is InChI=1S/C31H40N8O2/c1-36(2)15-16-37(3)26-18-27(41-4)25(17-23(26)32)35-31-33-12-10-24(34-31)28-22-9-5-7-20-8-6-13-39(29(20)22)30(28)38-14-11-21(40)19-38/h5,7,9-10,12,17-18,21,40H,6,8,11,13-16,19,32H2,1-4H3,(H,33,34,35). The minimum absolute atomic E-state index is 0.317. The third kappa shape index (κ3) is 5.13. The summed E-state index contributed by atoms with van der Waals surface area (Å²) >= 11 is 0. The van der Waals surface area contributed by atoms with E-state index in [-0.39, 0.29) is 6.10 Å². The van der Waals surface area contributed by atoms with E-state index in [1.807, 2.05) is 25.2 Å². The number of nitrogens with zero attached hydrogens (tertiary/aromatic N) is 6. The largest absolute Gasteiger partial charge is 0.494 e. The van der Waals surface area contributed by atoms with Gasteiger partial charge in [0, 0.05) is 57.4 Å². The van der Waals surface area contributed by atoms with Gasteiger partial charge < -0.3 is 40.2 Å². The summed E-state index contributed by atoms with van der Waals surface area (Å²) in [5.74, 6) is 2.27. The fourth-order valence-corrected chi connectivity index (χ4v) is 6.17. The highest BCUT2D eigenvalue weighted by molar-refractivity contribution is 6.04. The van der Waals surface area contributed by atoms with Gasteiger partial charge in [-0.3, -0.25) is 0 Å². The number of para-hydroxylation sites is 1. The zero-order chi connectivity index (χ0) is 28.7. The molecular formula is C31H40N8O2. The second kappa shape index (κ2) is 11.1. The van der Waals surface area contributed by atoms with Crippen molar-refractivity contribution < 1.29 is 9.84 Å². The topological polar surface area (TPSA) is 108 Å². The van der Waals surface area contributed by atoms with E-state index >= 15 is 0 Å². The third-order valence-electron chi connectivity index (χ3n) is 8.23. The van der Waals surface area contributed by atoms with Crippen molar-refractivity contribution in [1.29, 1.82) is 0 Å². The molecule has 2 aliphatic heterocycles. The zero-order valence-corrected chi connectivity index (χ0v) is 24.4. The van der Waals surface area contributed by atoms with Crippen LogP contribution in [-0.2, 0) is 13.0 Å². The number of hydrogen-bond donors (Lipinski definition) is 3. The number of likely N-dealkylation sites (N-methyl/N-ethyl adjacent to an activating group) is 2. The van der Waals surface area contributed by atoms with Crippen LogP contribution in [0.3, 0.4) is 0 Å². The van der Waals surface area contributed by atoms with Crippen LogP contribution in [0.1, 0.15) is 18.4 Å². The number of aliphatic hydroxyl groups is 1. The smallest absolute Gasteiger partial charge is 0.227 e. The minimum Gasteiger partial charge on any atom is -0.494 e. The number of methoxy groups -OCH3 is 1. The first-order valence-electron chi connectivity index (χ1n) is 14.3. The predicted molar refractivity (Wildman–Crippen MR) is 167 cm³/mol. The molecule has 2 aliphatic rings. The second-order valence-corrected chi connectivity index (χ2v) is 11.4. The van der Waals surface area contributed by atoms with E-state index in [1.54, 1.807) is 13.3 Å². The molecule has 0 aliphatic carbocycles. The summed E-state index contributed by atoms with van der Waals surface area (Å²) in [7, 11) is 7.80. The molecule has 1 saturated heterocycles. The number of β-amino-alcohol motifs (C(OH)–C–C–N with tert-alkyl or cyclic N) is 1. The van der Waals surface area contributed by atoms with E-state index in [4.69, 9.17) is 15.5 Å². The fourth-order valence-electron chi connectivity index (χ4n) is 6.17. The van der Waals surface area contributed by atoms with Crippen LogP contribution in [0, 0.1) is 0 Å². The molecule has 4 N–H and O–H groups in total. The molecule has 0 amide bonds. The number of aliphatic hydroxyl groups excluding tert-OH is 1. The van der Waals surface area contributed by atoms with E-state index in [9.17, 15) is 5.11 Å². The molecule has 2 aromatic heterocycles. The molecule has 4 heterocycles. The zero-order valence-electron chi connectivity index (χ0n) is 24.4. The minimum atomic E-state index is -0.317. The molecule has 41 heavy (non-hydrogen) atoms. The van der Waals surface area contributed by atoms with Crippen LogP contribution in [0.25, 0.3) is 22.2 Å². The Balaban J connectivity index is 1.38. The molecule has 1 unspecified atom stereocenters. The first-order valence-corrected chi connectivity index (χ1v) is 14.3. The lowest BCUT2D eigenvalue weighted by Crippen LogP contribution is -2.29. The molecule has 10 heteroatoms. The maximum atomic E-state index is 10.4. The average Bonchev–Trinajstić information content (AvgIpc) is 3.54. The van der Waals surface area contributed by atoms with Crippen LogP contribution >= 0.6 is 0 Å². The summed E-state index contributed by atoms with van der Waals surface area (Å²) in [5, 5.41) is 15.0. The molecule has 1 fully saturated rings. The number of nitrogens with two attached hydrogens (primary N) is 1. The Kier molecular flexibility index (Phi) is 7.35. The Morgan fingerprint density at radius 2 is 2.00 bits per heavy atom. The van der Waals surface area contributed by atoms with E-state index in [0.29, 0.717) is 29.6 Å². The molecule has 0 saturated carbocycles. The summed E-state index contributed by atoms with van der Waals surface area (Å²) in [6, 6.07) is 12.4. The van der Waals surface area contributed by atoms with Gasteiger partial charge in [-0.2, -0.15) is 0 Å². The summed E-state index contributed by atoms with van der Waals surface area (Å²) < 4.78 is 8.19. The van der Waals surface area contributed by atoms with Crippen LogP contribution in [0.5, 0.6) is 5.75 Å². The van der Waals surface area contributed by atoms with Gasteiger partial charge in [0.15, 0.2) is 0 Å². The molecule has 0 radical (unpaired) electrons. The molecular weight excluding hydrogens is 516 g/mol. The van der Waals surface area contributed by atoms with Crippen LogP contribution < -0.4 is 25.6 Å². The molecule has 1 atom stereocenters.